The molecule has 1 aliphatic rings. The maximum absolute atomic E-state index is 9.03. The first-order valence-corrected chi connectivity index (χ1v) is 6.22. The molecule has 1 heterocycles. The number of likely N-dealkylation sites (N-methyl/N-ethyl adjacent to an activating group) is 1. The van der Waals surface area contributed by atoms with Crippen LogP contribution in [0.5, 0.6) is 0 Å². The van der Waals surface area contributed by atoms with Gasteiger partial charge in [0.2, 0.25) is 0 Å². The standard InChI is InChI=1S/C13H16ClN3/c1-17-6-2-3-12(17)9-16-13-5-4-11(14)7-10(13)8-15/h4-5,7,12,16H,2-3,6,9H2,1H3. The van der Waals surface area contributed by atoms with E-state index in [1.54, 1.807) is 6.07 Å². The number of hydrogen-bond donors (Lipinski definition) is 1. The van der Waals surface area contributed by atoms with E-state index in [9.17, 15) is 0 Å². The summed E-state index contributed by atoms with van der Waals surface area (Å²) in [6.45, 7) is 2.05. The van der Waals surface area contributed by atoms with E-state index in [2.05, 4.69) is 23.3 Å². The van der Waals surface area contributed by atoms with Gasteiger partial charge in [-0.15, -0.1) is 0 Å². The number of rotatable bonds is 3. The Morgan fingerprint density at radius 2 is 2.41 bits per heavy atom. The second kappa shape index (κ2) is 5.39. The first-order chi connectivity index (χ1) is 8.20. The summed E-state index contributed by atoms with van der Waals surface area (Å²) in [4.78, 5) is 2.36. The third-order valence-corrected chi connectivity index (χ3v) is 3.54. The molecular formula is C13H16ClN3. The van der Waals surface area contributed by atoms with Gasteiger partial charge in [0, 0.05) is 17.6 Å². The zero-order valence-electron chi connectivity index (χ0n) is 9.91. The van der Waals surface area contributed by atoms with Crippen molar-refractivity contribution < 1.29 is 0 Å². The topological polar surface area (TPSA) is 39.1 Å². The van der Waals surface area contributed by atoms with Crippen molar-refractivity contribution >= 4 is 17.3 Å². The third kappa shape index (κ3) is 2.91. The molecule has 17 heavy (non-hydrogen) atoms. The molecule has 1 fully saturated rings. The molecule has 4 heteroatoms. The minimum Gasteiger partial charge on any atom is -0.382 e. The van der Waals surface area contributed by atoms with Gasteiger partial charge in [-0.05, 0) is 44.6 Å². The molecule has 1 atom stereocenters. The van der Waals surface area contributed by atoms with E-state index in [0.717, 1.165) is 18.8 Å². The number of nitriles is 1. The maximum Gasteiger partial charge on any atom is 0.101 e. The summed E-state index contributed by atoms with van der Waals surface area (Å²) in [5.74, 6) is 0. The van der Waals surface area contributed by atoms with Crippen LogP contribution in [0.2, 0.25) is 5.02 Å². The minimum absolute atomic E-state index is 0.567. The van der Waals surface area contributed by atoms with Crippen LogP contribution in [-0.4, -0.2) is 31.1 Å². The predicted molar refractivity (Wildman–Crippen MR) is 70.3 cm³/mol. The van der Waals surface area contributed by atoms with E-state index in [0.29, 0.717) is 16.6 Å². The number of hydrogen-bond acceptors (Lipinski definition) is 3. The number of likely N-dealkylation sites (tertiary alicyclic amines) is 1. The van der Waals surface area contributed by atoms with Crippen LogP contribution >= 0.6 is 11.6 Å². The third-order valence-electron chi connectivity index (χ3n) is 3.30. The lowest BCUT2D eigenvalue weighted by Crippen LogP contribution is -2.31. The van der Waals surface area contributed by atoms with Crippen LogP contribution in [-0.2, 0) is 0 Å². The van der Waals surface area contributed by atoms with Gasteiger partial charge in [0.25, 0.3) is 0 Å². The van der Waals surface area contributed by atoms with E-state index in [4.69, 9.17) is 16.9 Å². The Labute approximate surface area is 107 Å². The molecular weight excluding hydrogens is 234 g/mol. The molecule has 0 radical (unpaired) electrons. The molecule has 1 aromatic rings. The monoisotopic (exact) mass is 249 g/mol. The fraction of sp³-hybridized carbons (Fsp3) is 0.462. The second-order valence-electron chi connectivity index (χ2n) is 4.46. The van der Waals surface area contributed by atoms with E-state index >= 15 is 0 Å². The van der Waals surface area contributed by atoms with Crippen molar-refractivity contribution in [2.24, 2.45) is 0 Å². The zero-order valence-corrected chi connectivity index (χ0v) is 10.7. The molecule has 2 rings (SSSR count). The zero-order chi connectivity index (χ0) is 12.3. The van der Waals surface area contributed by atoms with Gasteiger partial charge in [-0.2, -0.15) is 5.26 Å². The van der Waals surface area contributed by atoms with Gasteiger partial charge in [0.05, 0.1) is 11.3 Å². The SMILES string of the molecule is CN1CCCC1CNc1ccc(Cl)cc1C#N. The quantitative estimate of drug-likeness (QED) is 0.895. The minimum atomic E-state index is 0.567. The molecule has 90 valence electrons. The Balaban J connectivity index is 2.01. The molecule has 0 aromatic heterocycles. The van der Waals surface area contributed by atoms with Gasteiger partial charge in [0.1, 0.15) is 6.07 Å². The molecule has 1 saturated heterocycles. The second-order valence-corrected chi connectivity index (χ2v) is 4.90. The van der Waals surface area contributed by atoms with Crippen molar-refractivity contribution in [3.05, 3.63) is 28.8 Å². The average molecular weight is 250 g/mol. The van der Waals surface area contributed by atoms with Crippen LogP contribution in [0, 0.1) is 11.3 Å². The van der Waals surface area contributed by atoms with Gasteiger partial charge in [0.15, 0.2) is 0 Å². The highest BCUT2D eigenvalue weighted by Crippen LogP contribution is 2.21. The van der Waals surface area contributed by atoms with Gasteiger partial charge in [-0.3, -0.25) is 0 Å². The molecule has 0 spiro atoms. The summed E-state index contributed by atoms with van der Waals surface area (Å²) in [5.41, 5.74) is 1.48. The first kappa shape index (κ1) is 12.2. The van der Waals surface area contributed by atoms with Crippen LogP contribution in [0.15, 0.2) is 18.2 Å². The molecule has 1 aromatic carbocycles. The molecule has 1 unspecified atom stereocenters. The fourth-order valence-corrected chi connectivity index (χ4v) is 2.40. The predicted octanol–water partition coefficient (Wildman–Crippen LogP) is 2.72. The number of benzene rings is 1. The Kier molecular flexibility index (Phi) is 3.88. The highest BCUT2D eigenvalue weighted by atomic mass is 35.5. The van der Waals surface area contributed by atoms with Crippen molar-refractivity contribution in [3.63, 3.8) is 0 Å². The smallest absolute Gasteiger partial charge is 0.101 e. The highest BCUT2D eigenvalue weighted by molar-refractivity contribution is 6.30. The Hall–Kier alpha value is -1.24. The van der Waals surface area contributed by atoms with E-state index in [1.807, 2.05) is 12.1 Å². The number of nitrogens with one attached hydrogen (secondary N) is 1. The largest absolute Gasteiger partial charge is 0.382 e. The molecule has 1 aliphatic heterocycles. The molecule has 3 nitrogen and oxygen atoms in total. The summed E-state index contributed by atoms with van der Waals surface area (Å²) < 4.78 is 0. The van der Waals surface area contributed by atoms with Crippen molar-refractivity contribution in [3.8, 4) is 6.07 Å². The fourth-order valence-electron chi connectivity index (χ4n) is 2.23. The average Bonchev–Trinajstić information content (AvgIpc) is 2.73. The van der Waals surface area contributed by atoms with Crippen molar-refractivity contribution in [1.82, 2.24) is 4.90 Å². The number of nitrogens with zero attached hydrogens (tertiary/aromatic N) is 2. The van der Waals surface area contributed by atoms with Crippen molar-refractivity contribution in [2.45, 2.75) is 18.9 Å². The lowest BCUT2D eigenvalue weighted by molar-refractivity contribution is 0.322. The maximum atomic E-state index is 9.03. The molecule has 1 N–H and O–H groups in total. The molecule has 0 saturated carbocycles. The van der Waals surface area contributed by atoms with Gasteiger partial charge >= 0.3 is 0 Å². The summed E-state index contributed by atoms with van der Waals surface area (Å²) >= 11 is 5.86. The van der Waals surface area contributed by atoms with Crippen LogP contribution in [0.1, 0.15) is 18.4 Å². The van der Waals surface area contributed by atoms with Crippen LogP contribution in [0.4, 0.5) is 5.69 Å². The lowest BCUT2D eigenvalue weighted by atomic mass is 10.1. The molecule has 0 bridgehead atoms. The molecule has 0 aliphatic carbocycles. The summed E-state index contributed by atoms with van der Waals surface area (Å²) in [5, 5.41) is 13.0. The van der Waals surface area contributed by atoms with E-state index in [1.165, 1.54) is 12.8 Å². The highest BCUT2D eigenvalue weighted by Gasteiger charge is 2.20. The van der Waals surface area contributed by atoms with E-state index in [-0.39, 0.29) is 0 Å². The summed E-state index contributed by atoms with van der Waals surface area (Å²) in [6, 6.07) is 8.11. The van der Waals surface area contributed by atoms with Gasteiger partial charge < -0.3 is 10.2 Å². The Morgan fingerprint density at radius 1 is 1.59 bits per heavy atom. The number of anilines is 1. The first-order valence-electron chi connectivity index (χ1n) is 5.84. The summed E-state index contributed by atoms with van der Waals surface area (Å²) in [6.07, 6.45) is 2.48. The van der Waals surface area contributed by atoms with Gasteiger partial charge in [-0.25, -0.2) is 0 Å². The van der Waals surface area contributed by atoms with E-state index < -0.39 is 0 Å². The summed E-state index contributed by atoms with van der Waals surface area (Å²) in [7, 11) is 2.15. The lowest BCUT2D eigenvalue weighted by Gasteiger charge is -2.20. The number of halogens is 1. The normalized spacial score (nSPS) is 20.2. The van der Waals surface area contributed by atoms with Crippen LogP contribution in [0.3, 0.4) is 0 Å². The Morgan fingerprint density at radius 3 is 3.06 bits per heavy atom. The van der Waals surface area contributed by atoms with Gasteiger partial charge in [-0.1, -0.05) is 11.6 Å². The van der Waals surface area contributed by atoms with Crippen LogP contribution in [0.25, 0.3) is 0 Å². The van der Waals surface area contributed by atoms with Crippen LogP contribution < -0.4 is 5.32 Å². The molecule has 0 amide bonds. The Bertz CT molecular complexity index is 439. The van der Waals surface area contributed by atoms with Crippen molar-refractivity contribution in [2.75, 3.05) is 25.5 Å². The van der Waals surface area contributed by atoms with Crippen molar-refractivity contribution in [1.29, 1.82) is 5.26 Å².